The molecule has 0 amide bonds. The highest BCUT2D eigenvalue weighted by Crippen LogP contribution is 2.38. The number of halogens is 4. The van der Waals surface area contributed by atoms with Crippen LogP contribution in [0.4, 0.5) is 0 Å². The van der Waals surface area contributed by atoms with E-state index in [0.717, 1.165) is 28.6 Å². The lowest BCUT2D eigenvalue weighted by atomic mass is 9.82. The van der Waals surface area contributed by atoms with E-state index in [1.54, 1.807) is 12.1 Å². The second kappa shape index (κ2) is 12.0. The SMILES string of the molecule is CCOc1cc(CNC(C)(C)CC(C)(C)C)cc(Br)c1OCc1ccc(Cl)cc1Cl.Cl. The summed E-state index contributed by atoms with van der Waals surface area (Å²) >= 11 is 15.9. The van der Waals surface area contributed by atoms with E-state index in [9.17, 15) is 0 Å². The molecule has 0 spiro atoms. The highest BCUT2D eigenvalue weighted by Gasteiger charge is 2.25. The topological polar surface area (TPSA) is 30.5 Å². The van der Waals surface area contributed by atoms with Crippen LogP contribution in [-0.2, 0) is 13.2 Å². The summed E-state index contributed by atoms with van der Waals surface area (Å²) in [5, 5.41) is 4.86. The van der Waals surface area contributed by atoms with Crippen LogP contribution in [0.1, 0.15) is 59.1 Å². The van der Waals surface area contributed by atoms with Gasteiger partial charge in [-0.2, -0.15) is 0 Å². The average molecular weight is 554 g/mol. The fourth-order valence-electron chi connectivity index (χ4n) is 3.64. The molecule has 0 aliphatic rings. The van der Waals surface area contributed by atoms with Gasteiger partial charge >= 0.3 is 0 Å². The third kappa shape index (κ3) is 9.39. The van der Waals surface area contributed by atoms with Crippen molar-refractivity contribution in [1.29, 1.82) is 0 Å². The second-order valence-corrected chi connectivity index (χ2v) is 11.0. The Morgan fingerprint density at radius 1 is 1.00 bits per heavy atom. The average Bonchev–Trinajstić information content (AvgIpc) is 2.59. The summed E-state index contributed by atoms with van der Waals surface area (Å²) < 4.78 is 12.8. The third-order valence-electron chi connectivity index (χ3n) is 4.50. The zero-order valence-electron chi connectivity index (χ0n) is 19.1. The van der Waals surface area contributed by atoms with Gasteiger partial charge in [0, 0.05) is 27.7 Å². The smallest absolute Gasteiger partial charge is 0.175 e. The first kappa shape index (κ1) is 28.4. The highest BCUT2D eigenvalue weighted by atomic mass is 79.9. The molecule has 0 saturated carbocycles. The molecule has 2 rings (SSSR count). The lowest BCUT2D eigenvalue weighted by Crippen LogP contribution is -2.41. The Balaban J connectivity index is 0.00000480. The molecular weight excluding hydrogens is 521 g/mol. The monoisotopic (exact) mass is 551 g/mol. The van der Waals surface area contributed by atoms with E-state index in [-0.39, 0.29) is 23.4 Å². The highest BCUT2D eigenvalue weighted by molar-refractivity contribution is 9.10. The standard InChI is InChI=1S/C24H32BrCl2NO2.ClH/c1-7-29-21-11-16(13-28-24(5,6)15-23(2,3)4)10-19(25)22(21)30-14-17-8-9-18(26)12-20(17)27;/h8-12,28H,7,13-15H2,1-6H3;1H. The molecule has 0 bridgehead atoms. The molecule has 0 fully saturated rings. The largest absolute Gasteiger partial charge is 0.490 e. The lowest BCUT2D eigenvalue weighted by Gasteiger charge is -2.33. The van der Waals surface area contributed by atoms with Crippen molar-refractivity contribution < 1.29 is 9.47 Å². The summed E-state index contributed by atoms with van der Waals surface area (Å²) in [7, 11) is 0. The number of ether oxygens (including phenoxy) is 2. The summed E-state index contributed by atoms with van der Waals surface area (Å²) in [6.45, 7) is 14.9. The van der Waals surface area contributed by atoms with Crippen LogP contribution in [0.15, 0.2) is 34.8 Å². The van der Waals surface area contributed by atoms with Gasteiger partial charge in [0.25, 0.3) is 0 Å². The molecule has 3 nitrogen and oxygen atoms in total. The Labute approximate surface area is 211 Å². The Kier molecular flexibility index (Phi) is 11.0. The predicted molar refractivity (Wildman–Crippen MR) is 138 cm³/mol. The van der Waals surface area contributed by atoms with Crippen LogP contribution in [0.25, 0.3) is 0 Å². The van der Waals surface area contributed by atoms with Gasteiger partial charge in [-0.1, -0.05) is 50.0 Å². The molecule has 0 aliphatic carbocycles. The van der Waals surface area contributed by atoms with Crippen molar-refractivity contribution in [2.45, 2.75) is 66.7 Å². The third-order valence-corrected chi connectivity index (χ3v) is 5.68. The van der Waals surface area contributed by atoms with Gasteiger partial charge in [-0.15, -0.1) is 12.4 Å². The summed E-state index contributed by atoms with van der Waals surface area (Å²) in [5.74, 6) is 1.38. The first-order valence-electron chi connectivity index (χ1n) is 10.2. The molecule has 174 valence electrons. The van der Waals surface area contributed by atoms with Gasteiger partial charge in [0.15, 0.2) is 11.5 Å². The fourth-order valence-corrected chi connectivity index (χ4v) is 4.71. The number of nitrogens with one attached hydrogen (secondary N) is 1. The first-order valence-corrected chi connectivity index (χ1v) is 11.7. The van der Waals surface area contributed by atoms with Crippen molar-refractivity contribution in [1.82, 2.24) is 5.32 Å². The van der Waals surface area contributed by atoms with Crippen molar-refractivity contribution >= 4 is 51.5 Å². The van der Waals surface area contributed by atoms with Crippen LogP contribution in [0.3, 0.4) is 0 Å². The van der Waals surface area contributed by atoms with E-state index in [0.29, 0.717) is 34.8 Å². The number of hydrogen-bond donors (Lipinski definition) is 1. The quantitative estimate of drug-likeness (QED) is 0.338. The molecule has 0 saturated heterocycles. The van der Waals surface area contributed by atoms with Gasteiger partial charge in [0.05, 0.1) is 11.1 Å². The van der Waals surface area contributed by atoms with E-state index in [2.05, 4.69) is 61.9 Å². The minimum Gasteiger partial charge on any atom is -0.490 e. The number of rotatable bonds is 9. The lowest BCUT2D eigenvalue weighted by molar-refractivity contribution is 0.240. The Bertz CT molecular complexity index is 867. The van der Waals surface area contributed by atoms with E-state index in [1.807, 2.05) is 19.1 Å². The molecule has 31 heavy (non-hydrogen) atoms. The summed E-state index contributed by atoms with van der Waals surface area (Å²) in [6.07, 6.45) is 1.07. The molecule has 0 unspecified atom stereocenters. The van der Waals surface area contributed by atoms with Crippen LogP contribution in [0.5, 0.6) is 11.5 Å². The van der Waals surface area contributed by atoms with E-state index in [1.165, 1.54) is 0 Å². The van der Waals surface area contributed by atoms with E-state index in [4.69, 9.17) is 32.7 Å². The van der Waals surface area contributed by atoms with Gasteiger partial charge in [-0.3, -0.25) is 0 Å². The summed E-state index contributed by atoms with van der Waals surface area (Å²) in [4.78, 5) is 0. The Morgan fingerprint density at radius 3 is 2.26 bits per heavy atom. The number of benzene rings is 2. The van der Waals surface area contributed by atoms with Crippen molar-refractivity contribution in [2.24, 2.45) is 5.41 Å². The molecule has 0 aliphatic heterocycles. The van der Waals surface area contributed by atoms with Gasteiger partial charge in [0.1, 0.15) is 6.61 Å². The molecular formula is C24H33BrCl3NO2. The minimum absolute atomic E-state index is 0. The maximum atomic E-state index is 6.28. The molecule has 0 aromatic heterocycles. The zero-order valence-corrected chi connectivity index (χ0v) is 23.0. The summed E-state index contributed by atoms with van der Waals surface area (Å²) in [6, 6.07) is 9.50. The maximum Gasteiger partial charge on any atom is 0.175 e. The van der Waals surface area contributed by atoms with E-state index < -0.39 is 0 Å². The van der Waals surface area contributed by atoms with Gasteiger partial charge in [-0.25, -0.2) is 0 Å². The van der Waals surface area contributed by atoms with Crippen LogP contribution < -0.4 is 14.8 Å². The minimum atomic E-state index is 0. The molecule has 1 N–H and O–H groups in total. The van der Waals surface area contributed by atoms with Crippen LogP contribution in [0, 0.1) is 5.41 Å². The molecule has 2 aromatic rings. The predicted octanol–water partition coefficient (Wildman–Crippen LogP) is 8.46. The molecule has 0 atom stereocenters. The van der Waals surface area contributed by atoms with Gasteiger partial charge in [0.2, 0.25) is 0 Å². The molecule has 7 heteroatoms. The van der Waals surface area contributed by atoms with Crippen molar-refractivity contribution in [2.75, 3.05) is 6.61 Å². The maximum absolute atomic E-state index is 6.28. The van der Waals surface area contributed by atoms with Crippen LogP contribution in [0.2, 0.25) is 10.0 Å². The normalized spacial score (nSPS) is 11.8. The van der Waals surface area contributed by atoms with Gasteiger partial charge in [-0.05, 0) is 78.4 Å². The second-order valence-electron chi connectivity index (χ2n) is 9.34. The summed E-state index contributed by atoms with van der Waals surface area (Å²) in [5.41, 5.74) is 2.28. The molecule has 0 heterocycles. The fraction of sp³-hybridized carbons (Fsp3) is 0.500. The zero-order chi connectivity index (χ0) is 22.5. The molecule has 2 aromatic carbocycles. The first-order chi connectivity index (χ1) is 13.9. The van der Waals surface area contributed by atoms with Crippen LogP contribution in [-0.4, -0.2) is 12.1 Å². The number of hydrogen-bond acceptors (Lipinski definition) is 3. The Hall–Kier alpha value is -0.650. The van der Waals surface area contributed by atoms with Crippen molar-refractivity contribution in [3.8, 4) is 11.5 Å². The van der Waals surface area contributed by atoms with E-state index >= 15 is 0 Å². The van der Waals surface area contributed by atoms with Gasteiger partial charge < -0.3 is 14.8 Å². The molecule has 0 radical (unpaired) electrons. The Morgan fingerprint density at radius 2 is 1.68 bits per heavy atom. The van der Waals surface area contributed by atoms with Crippen LogP contribution >= 0.6 is 51.5 Å². The van der Waals surface area contributed by atoms with Crippen molar-refractivity contribution in [3.63, 3.8) is 0 Å². The van der Waals surface area contributed by atoms with Crippen molar-refractivity contribution in [3.05, 3.63) is 56.0 Å².